The minimum atomic E-state index is -3.78. The van der Waals surface area contributed by atoms with Crippen molar-refractivity contribution in [1.82, 2.24) is 9.62 Å². The Bertz CT molecular complexity index is 1170. The minimum Gasteiger partial charge on any atom is -0.495 e. The molecule has 4 rings (SSSR count). The predicted molar refractivity (Wildman–Crippen MR) is 117 cm³/mol. The number of carbonyl (C=O) groups excluding carboxylic acids is 1. The van der Waals surface area contributed by atoms with Gasteiger partial charge in [-0.2, -0.15) is 0 Å². The molecular weight excluding hydrogens is 420 g/mol. The molecule has 0 aliphatic carbocycles. The van der Waals surface area contributed by atoms with Gasteiger partial charge < -0.3 is 9.64 Å². The second kappa shape index (κ2) is 8.22. The van der Waals surface area contributed by atoms with E-state index in [4.69, 9.17) is 4.74 Å². The number of hydrogen-bond acceptors (Lipinski definition) is 5. The SMILES string of the molecule is CNS(=O)(=O)c1cc(C(=O)N2CCc3sccc3[C@@H]2c2ccccc2)ccc1OC. The van der Waals surface area contributed by atoms with Crippen LogP contribution in [0.2, 0.25) is 0 Å². The second-order valence-electron chi connectivity index (χ2n) is 6.93. The van der Waals surface area contributed by atoms with Crippen molar-refractivity contribution in [3.8, 4) is 5.75 Å². The van der Waals surface area contributed by atoms with Crippen LogP contribution in [0.1, 0.15) is 32.4 Å². The molecule has 0 unspecified atom stereocenters. The summed E-state index contributed by atoms with van der Waals surface area (Å²) in [7, 11) is -1.04. The molecule has 6 nitrogen and oxygen atoms in total. The van der Waals surface area contributed by atoms with E-state index < -0.39 is 10.0 Å². The molecule has 0 radical (unpaired) electrons. The number of rotatable bonds is 5. The van der Waals surface area contributed by atoms with E-state index in [1.807, 2.05) is 35.2 Å². The largest absolute Gasteiger partial charge is 0.495 e. The van der Waals surface area contributed by atoms with Crippen LogP contribution in [0.15, 0.2) is 64.9 Å². The molecule has 1 atom stereocenters. The molecule has 1 aliphatic heterocycles. The van der Waals surface area contributed by atoms with E-state index in [9.17, 15) is 13.2 Å². The van der Waals surface area contributed by atoms with Crippen molar-refractivity contribution >= 4 is 27.3 Å². The molecule has 0 bridgehead atoms. The number of nitrogens with zero attached hydrogens (tertiary/aromatic N) is 1. The highest BCUT2D eigenvalue weighted by Gasteiger charge is 2.34. The van der Waals surface area contributed by atoms with Crippen molar-refractivity contribution < 1.29 is 17.9 Å². The average molecular weight is 443 g/mol. The maximum Gasteiger partial charge on any atom is 0.254 e. The highest BCUT2D eigenvalue weighted by Crippen LogP contribution is 2.38. The van der Waals surface area contributed by atoms with Crippen LogP contribution in [-0.4, -0.2) is 39.9 Å². The van der Waals surface area contributed by atoms with Crippen LogP contribution in [0.3, 0.4) is 0 Å². The van der Waals surface area contributed by atoms with Gasteiger partial charge in [0.15, 0.2) is 0 Å². The molecule has 1 aromatic heterocycles. The number of ether oxygens (including phenoxy) is 1. The number of methoxy groups -OCH3 is 1. The Morgan fingerprint density at radius 2 is 1.93 bits per heavy atom. The first-order chi connectivity index (χ1) is 14.5. The van der Waals surface area contributed by atoms with Gasteiger partial charge in [0.2, 0.25) is 10.0 Å². The van der Waals surface area contributed by atoms with Gasteiger partial charge in [0, 0.05) is 17.0 Å². The first kappa shape index (κ1) is 20.6. The minimum absolute atomic E-state index is 0.0529. The first-order valence-electron chi connectivity index (χ1n) is 9.50. The Hall–Kier alpha value is -2.68. The Morgan fingerprint density at radius 3 is 2.63 bits per heavy atom. The summed E-state index contributed by atoms with van der Waals surface area (Å²) in [5.41, 5.74) is 2.47. The monoisotopic (exact) mass is 442 g/mol. The lowest BCUT2D eigenvalue weighted by molar-refractivity contribution is 0.0696. The van der Waals surface area contributed by atoms with Gasteiger partial charge in [-0.25, -0.2) is 13.1 Å². The summed E-state index contributed by atoms with van der Waals surface area (Å²) in [6.07, 6.45) is 0.778. The highest BCUT2D eigenvalue weighted by atomic mass is 32.2. The van der Waals surface area contributed by atoms with E-state index in [1.165, 1.54) is 31.2 Å². The summed E-state index contributed by atoms with van der Waals surface area (Å²) in [6.45, 7) is 0.562. The van der Waals surface area contributed by atoms with E-state index in [0.29, 0.717) is 12.1 Å². The van der Waals surface area contributed by atoms with E-state index >= 15 is 0 Å². The number of carbonyl (C=O) groups is 1. The van der Waals surface area contributed by atoms with Crippen LogP contribution in [0.25, 0.3) is 0 Å². The molecule has 1 amide bonds. The van der Waals surface area contributed by atoms with Crippen molar-refractivity contribution in [1.29, 1.82) is 0 Å². The van der Waals surface area contributed by atoms with Crippen LogP contribution in [0.5, 0.6) is 5.75 Å². The molecular formula is C22H22N2O4S2. The zero-order chi connectivity index (χ0) is 21.3. The quantitative estimate of drug-likeness (QED) is 0.657. The second-order valence-corrected chi connectivity index (χ2v) is 9.79. The Labute approximate surface area is 180 Å². The molecule has 8 heteroatoms. The van der Waals surface area contributed by atoms with Crippen LogP contribution in [0, 0.1) is 0 Å². The van der Waals surface area contributed by atoms with Crippen LogP contribution < -0.4 is 9.46 Å². The van der Waals surface area contributed by atoms with Crippen molar-refractivity contribution in [2.45, 2.75) is 17.4 Å². The number of fused-ring (bicyclic) bond motifs is 1. The van der Waals surface area contributed by atoms with Crippen molar-refractivity contribution in [3.63, 3.8) is 0 Å². The van der Waals surface area contributed by atoms with Crippen molar-refractivity contribution in [2.24, 2.45) is 0 Å². The Morgan fingerprint density at radius 1 is 1.17 bits per heavy atom. The van der Waals surface area contributed by atoms with Gasteiger partial charge in [-0.3, -0.25) is 4.79 Å². The molecule has 1 N–H and O–H groups in total. The van der Waals surface area contributed by atoms with Gasteiger partial charge in [0.1, 0.15) is 10.6 Å². The topological polar surface area (TPSA) is 75.7 Å². The van der Waals surface area contributed by atoms with Gasteiger partial charge in [0.25, 0.3) is 5.91 Å². The van der Waals surface area contributed by atoms with Crippen LogP contribution in [-0.2, 0) is 16.4 Å². The number of nitrogens with one attached hydrogen (secondary N) is 1. The molecule has 156 valence electrons. The average Bonchev–Trinajstić information content (AvgIpc) is 3.27. The molecule has 0 saturated heterocycles. The lowest BCUT2D eigenvalue weighted by atomic mass is 9.92. The van der Waals surface area contributed by atoms with Crippen molar-refractivity contribution in [2.75, 3.05) is 20.7 Å². The lowest BCUT2D eigenvalue weighted by Gasteiger charge is -2.36. The van der Waals surface area contributed by atoms with Crippen molar-refractivity contribution in [3.05, 3.63) is 81.5 Å². The van der Waals surface area contributed by atoms with E-state index in [2.05, 4.69) is 16.2 Å². The zero-order valence-corrected chi connectivity index (χ0v) is 18.3. The normalized spacial score (nSPS) is 16.2. The molecule has 1 aliphatic rings. The van der Waals surface area contributed by atoms with Gasteiger partial charge >= 0.3 is 0 Å². The fourth-order valence-electron chi connectivity index (χ4n) is 3.83. The summed E-state index contributed by atoms with van der Waals surface area (Å²) < 4.78 is 32.4. The number of thiophene rings is 1. The number of benzene rings is 2. The summed E-state index contributed by atoms with van der Waals surface area (Å²) in [5.74, 6) is -0.0183. The molecule has 2 aromatic carbocycles. The van der Waals surface area contributed by atoms with Crippen LogP contribution >= 0.6 is 11.3 Å². The summed E-state index contributed by atoms with van der Waals surface area (Å²) in [4.78, 5) is 16.6. The summed E-state index contributed by atoms with van der Waals surface area (Å²) in [5, 5.41) is 2.06. The molecule has 3 aromatic rings. The zero-order valence-electron chi connectivity index (χ0n) is 16.7. The fraction of sp³-hybridized carbons (Fsp3) is 0.227. The molecule has 30 heavy (non-hydrogen) atoms. The fourth-order valence-corrected chi connectivity index (χ4v) is 5.65. The van der Waals surface area contributed by atoms with E-state index in [0.717, 1.165) is 17.5 Å². The van der Waals surface area contributed by atoms with Crippen LogP contribution in [0.4, 0.5) is 0 Å². The summed E-state index contributed by atoms with van der Waals surface area (Å²) >= 11 is 1.71. The maximum atomic E-state index is 13.6. The Kier molecular flexibility index (Phi) is 5.64. The smallest absolute Gasteiger partial charge is 0.254 e. The third kappa shape index (κ3) is 3.62. The third-order valence-electron chi connectivity index (χ3n) is 5.31. The maximum absolute atomic E-state index is 13.6. The van der Waals surface area contributed by atoms with Gasteiger partial charge in [-0.1, -0.05) is 30.3 Å². The number of hydrogen-bond donors (Lipinski definition) is 1. The molecule has 0 fully saturated rings. The first-order valence-corrected chi connectivity index (χ1v) is 11.9. The lowest BCUT2D eigenvalue weighted by Crippen LogP contribution is -2.40. The molecule has 2 heterocycles. The summed E-state index contributed by atoms with van der Waals surface area (Å²) in [6, 6.07) is 16.3. The Balaban J connectivity index is 1.78. The van der Waals surface area contributed by atoms with Gasteiger partial charge in [-0.15, -0.1) is 11.3 Å². The number of amides is 1. The third-order valence-corrected chi connectivity index (χ3v) is 7.74. The van der Waals surface area contributed by atoms with E-state index in [1.54, 1.807) is 17.4 Å². The molecule has 0 spiro atoms. The standard InChI is InChI=1S/C22H22N2O4S2/c1-23-30(26,27)20-14-16(8-9-18(20)28-2)22(25)24-12-10-19-17(11-13-29-19)21(24)15-6-4-3-5-7-15/h3-9,11,13-14,21,23H,10,12H2,1-2H3/t21-/m0/s1. The van der Waals surface area contributed by atoms with E-state index in [-0.39, 0.29) is 22.6 Å². The van der Waals surface area contributed by atoms with Gasteiger partial charge in [0.05, 0.1) is 13.2 Å². The molecule has 0 saturated carbocycles. The highest BCUT2D eigenvalue weighted by molar-refractivity contribution is 7.89. The van der Waals surface area contributed by atoms with Gasteiger partial charge in [-0.05, 0) is 54.2 Å². The number of sulfonamides is 1. The predicted octanol–water partition coefficient (Wildman–Crippen LogP) is 3.45.